The Morgan fingerprint density at radius 3 is 2.76 bits per heavy atom. The van der Waals surface area contributed by atoms with Crippen molar-refractivity contribution in [1.82, 2.24) is 10.3 Å². The molecular formula is C10H12F3N3O. The number of nitrogens with one attached hydrogen (secondary N) is 1. The topological polar surface area (TPSA) is 68.0 Å². The van der Waals surface area contributed by atoms with Crippen molar-refractivity contribution in [3.63, 3.8) is 0 Å². The number of Topliss-reactive ketones (excluding diaryl/α,β-unsaturated/α-hetero) is 1. The molecule has 7 heteroatoms. The smallest absolute Gasteiger partial charge is 0.383 e. The van der Waals surface area contributed by atoms with Gasteiger partial charge in [-0.15, -0.1) is 0 Å². The number of anilines is 1. The number of aryl methyl sites for hydroxylation is 1. The number of ketones is 1. The molecule has 3 N–H and O–H groups in total. The summed E-state index contributed by atoms with van der Waals surface area (Å²) in [6.45, 7) is 0.0824. The normalized spacial score (nSPS) is 11.5. The summed E-state index contributed by atoms with van der Waals surface area (Å²) in [5.41, 5.74) is 6.33. The molecule has 0 fully saturated rings. The lowest BCUT2D eigenvalue weighted by Crippen LogP contribution is -2.33. The van der Waals surface area contributed by atoms with Gasteiger partial charge in [0.05, 0.1) is 18.7 Å². The van der Waals surface area contributed by atoms with Crippen molar-refractivity contribution in [1.29, 1.82) is 0 Å². The zero-order valence-corrected chi connectivity index (χ0v) is 9.14. The highest BCUT2D eigenvalue weighted by atomic mass is 19.4. The maximum absolute atomic E-state index is 11.8. The van der Waals surface area contributed by atoms with Crippen LogP contribution in [0.15, 0.2) is 12.3 Å². The van der Waals surface area contributed by atoms with Gasteiger partial charge in [0.2, 0.25) is 0 Å². The Bertz CT molecular complexity index is 418. The van der Waals surface area contributed by atoms with Crippen LogP contribution in [0.2, 0.25) is 0 Å². The molecule has 0 aliphatic carbocycles. The van der Waals surface area contributed by atoms with Crippen LogP contribution in [0, 0.1) is 6.92 Å². The molecule has 0 spiro atoms. The molecule has 17 heavy (non-hydrogen) atoms. The summed E-state index contributed by atoms with van der Waals surface area (Å²) < 4.78 is 35.5. The first-order valence-corrected chi connectivity index (χ1v) is 4.82. The van der Waals surface area contributed by atoms with Gasteiger partial charge < -0.3 is 11.1 Å². The number of rotatable bonds is 4. The minimum absolute atomic E-state index is 0.0226. The van der Waals surface area contributed by atoms with E-state index in [1.165, 1.54) is 12.3 Å². The number of alkyl halides is 3. The Morgan fingerprint density at radius 1 is 1.53 bits per heavy atom. The molecule has 1 aromatic rings. The first kappa shape index (κ1) is 13.4. The standard InChI is InChI=1S/C10H12F3N3O/c1-6-2-7(9(14)16-3-6)8(17)4-15-5-10(11,12)13/h2-3,15H,4-5H2,1H3,(H2,14,16). The fourth-order valence-electron chi connectivity index (χ4n) is 1.22. The summed E-state index contributed by atoms with van der Waals surface area (Å²) in [5, 5.41) is 2.01. The number of nitrogens with zero attached hydrogens (tertiary/aromatic N) is 1. The third-order valence-electron chi connectivity index (χ3n) is 1.97. The molecule has 0 bridgehead atoms. The lowest BCUT2D eigenvalue weighted by Gasteiger charge is -2.08. The van der Waals surface area contributed by atoms with Crippen LogP contribution in [0.3, 0.4) is 0 Å². The fourth-order valence-corrected chi connectivity index (χ4v) is 1.22. The molecule has 0 unspecified atom stereocenters. The van der Waals surface area contributed by atoms with Crippen LogP contribution >= 0.6 is 0 Å². The van der Waals surface area contributed by atoms with E-state index in [0.29, 0.717) is 0 Å². The van der Waals surface area contributed by atoms with E-state index in [9.17, 15) is 18.0 Å². The minimum atomic E-state index is -4.34. The van der Waals surface area contributed by atoms with Crippen LogP contribution in [0.4, 0.5) is 19.0 Å². The Hall–Kier alpha value is -1.63. The highest BCUT2D eigenvalue weighted by molar-refractivity contribution is 6.01. The average Bonchev–Trinajstić information content (AvgIpc) is 2.19. The Balaban J connectivity index is 2.61. The number of nitrogens with two attached hydrogens (primary N) is 1. The second kappa shape index (κ2) is 5.13. The van der Waals surface area contributed by atoms with Gasteiger partial charge >= 0.3 is 6.18 Å². The van der Waals surface area contributed by atoms with Gasteiger partial charge in [0, 0.05) is 6.20 Å². The SMILES string of the molecule is Cc1cnc(N)c(C(=O)CNCC(F)(F)F)c1. The van der Waals surface area contributed by atoms with Gasteiger partial charge in [-0.1, -0.05) is 0 Å². The van der Waals surface area contributed by atoms with Gasteiger partial charge in [0.15, 0.2) is 5.78 Å². The number of nitrogen functional groups attached to an aromatic ring is 1. The van der Waals surface area contributed by atoms with Gasteiger partial charge in [-0.25, -0.2) is 4.98 Å². The molecule has 0 saturated carbocycles. The molecule has 1 rings (SSSR count). The van der Waals surface area contributed by atoms with Crippen LogP contribution in [0.1, 0.15) is 15.9 Å². The van der Waals surface area contributed by atoms with E-state index in [1.54, 1.807) is 6.92 Å². The van der Waals surface area contributed by atoms with Crippen molar-refractivity contribution in [3.8, 4) is 0 Å². The average molecular weight is 247 g/mol. The van der Waals surface area contributed by atoms with Crippen LogP contribution in [0.5, 0.6) is 0 Å². The van der Waals surface area contributed by atoms with Gasteiger partial charge in [-0.05, 0) is 18.6 Å². The third-order valence-corrected chi connectivity index (χ3v) is 1.97. The Labute approximate surface area is 96.0 Å². The predicted octanol–water partition coefficient (Wildman–Crippen LogP) is 1.31. The number of hydrogen-bond acceptors (Lipinski definition) is 4. The quantitative estimate of drug-likeness (QED) is 0.787. The molecule has 0 atom stereocenters. The first-order chi connectivity index (χ1) is 7.79. The highest BCUT2D eigenvalue weighted by Gasteiger charge is 2.26. The lowest BCUT2D eigenvalue weighted by molar-refractivity contribution is -0.124. The number of halogens is 3. The maximum Gasteiger partial charge on any atom is 0.401 e. The second-order valence-electron chi connectivity index (χ2n) is 3.59. The summed E-state index contributed by atoms with van der Waals surface area (Å²) in [5.74, 6) is -0.489. The zero-order valence-electron chi connectivity index (χ0n) is 9.14. The van der Waals surface area contributed by atoms with Crippen LogP contribution in [-0.4, -0.2) is 30.0 Å². The van der Waals surface area contributed by atoms with E-state index in [1.807, 2.05) is 5.32 Å². The molecule has 94 valence electrons. The van der Waals surface area contributed by atoms with Crippen molar-refractivity contribution >= 4 is 11.6 Å². The summed E-state index contributed by atoms with van der Waals surface area (Å²) >= 11 is 0. The maximum atomic E-state index is 11.8. The van der Waals surface area contributed by atoms with Crippen molar-refractivity contribution in [2.24, 2.45) is 0 Å². The predicted molar refractivity (Wildman–Crippen MR) is 56.6 cm³/mol. The first-order valence-electron chi connectivity index (χ1n) is 4.82. The van der Waals surface area contributed by atoms with E-state index >= 15 is 0 Å². The van der Waals surface area contributed by atoms with Crippen LogP contribution in [-0.2, 0) is 0 Å². The minimum Gasteiger partial charge on any atom is -0.383 e. The number of pyridine rings is 1. The molecule has 0 amide bonds. The molecule has 0 aliphatic rings. The van der Waals surface area contributed by atoms with Crippen LogP contribution < -0.4 is 11.1 Å². The molecule has 0 radical (unpaired) electrons. The summed E-state index contributed by atoms with van der Waals surface area (Å²) in [7, 11) is 0. The van der Waals surface area contributed by atoms with Crippen molar-refractivity contribution < 1.29 is 18.0 Å². The van der Waals surface area contributed by atoms with E-state index in [4.69, 9.17) is 5.73 Å². The molecule has 0 saturated heterocycles. The van der Waals surface area contributed by atoms with Crippen molar-refractivity contribution in [2.75, 3.05) is 18.8 Å². The molecule has 1 heterocycles. The number of aromatic nitrogens is 1. The van der Waals surface area contributed by atoms with Crippen molar-refractivity contribution in [2.45, 2.75) is 13.1 Å². The zero-order chi connectivity index (χ0) is 13.1. The van der Waals surface area contributed by atoms with Crippen molar-refractivity contribution in [3.05, 3.63) is 23.4 Å². The largest absolute Gasteiger partial charge is 0.401 e. The van der Waals surface area contributed by atoms with Gasteiger partial charge in [-0.2, -0.15) is 13.2 Å². The molecule has 0 aliphatic heterocycles. The van der Waals surface area contributed by atoms with Gasteiger partial charge in [0.1, 0.15) is 5.82 Å². The lowest BCUT2D eigenvalue weighted by atomic mass is 10.1. The second-order valence-corrected chi connectivity index (χ2v) is 3.59. The highest BCUT2D eigenvalue weighted by Crippen LogP contribution is 2.13. The Kier molecular flexibility index (Phi) is 4.06. The monoisotopic (exact) mass is 247 g/mol. The fraction of sp³-hybridized carbons (Fsp3) is 0.400. The van der Waals surface area contributed by atoms with E-state index in [-0.39, 0.29) is 11.4 Å². The molecule has 0 aromatic carbocycles. The van der Waals surface area contributed by atoms with Gasteiger partial charge in [0.25, 0.3) is 0 Å². The number of carbonyl (C=O) groups is 1. The van der Waals surface area contributed by atoms with Gasteiger partial charge in [-0.3, -0.25) is 4.79 Å². The summed E-state index contributed by atoms with van der Waals surface area (Å²) in [4.78, 5) is 15.3. The molecular weight excluding hydrogens is 235 g/mol. The third kappa shape index (κ3) is 4.39. The van der Waals surface area contributed by atoms with Crippen LogP contribution in [0.25, 0.3) is 0 Å². The number of hydrogen-bond donors (Lipinski definition) is 2. The number of carbonyl (C=O) groups excluding carboxylic acids is 1. The van der Waals surface area contributed by atoms with E-state index in [2.05, 4.69) is 4.98 Å². The van der Waals surface area contributed by atoms with E-state index < -0.39 is 25.0 Å². The molecule has 4 nitrogen and oxygen atoms in total. The van der Waals surface area contributed by atoms with E-state index in [0.717, 1.165) is 5.56 Å². The Morgan fingerprint density at radius 2 is 2.18 bits per heavy atom. The summed E-state index contributed by atoms with van der Waals surface area (Å²) in [6.07, 6.45) is -2.86. The summed E-state index contributed by atoms with van der Waals surface area (Å²) in [6, 6.07) is 1.50. The molecule has 1 aromatic heterocycles.